The Bertz CT molecular complexity index is 1130. The number of amides is 1. The molecule has 5 rings (SSSR count). The van der Waals surface area contributed by atoms with E-state index in [-0.39, 0.29) is 11.8 Å². The number of fused-ring (bicyclic) bond motifs is 1. The highest BCUT2D eigenvalue weighted by atomic mass is 32.1. The monoisotopic (exact) mass is 404 g/mol. The smallest absolute Gasteiger partial charge is 0.266 e. The molecule has 29 heavy (non-hydrogen) atoms. The van der Waals surface area contributed by atoms with E-state index in [2.05, 4.69) is 15.2 Å². The second-order valence-electron chi connectivity index (χ2n) is 7.31. The summed E-state index contributed by atoms with van der Waals surface area (Å²) in [6.45, 7) is 1.40. The first-order valence-corrected chi connectivity index (χ1v) is 10.7. The Morgan fingerprint density at radius 1 is 1.21 bits per heavy atom. The molecule has 1 amide bonds. The van der Waals surface area contributed by atoms with Crippen molar-refractivity contribution in [2.24, 2.45) is 0 Å². The third-order valence-corrected chi connectivity index (χ3v) is 6.11. The molecule has 0 N–H and O–H groups in total. The summed E-state index contributed by atoms with van der Waals surface area (Å²) >= 11 is 1.62. The molecule has 1 atom stereocenters. The van der Waals surface area contributed by atoms with Gasteiger partial charge in [0, 0.05) is 24.7 Å². The van der Waals surface area contributed by atoms with Gasteiger partial charge < -0.3 is 9.32 Å². The molecule has 4 aromatic rings. The third kappa shape index (κ3) is 3.65. The van der Waals surface area contributed by atoms with Crippen LogP contribution in [0.2, 0.25) is 0 Å². The number of pyridine rings is 1. The second kappa shape index (κ2) is 7.75. The molecule has 1 aromatic carbocycles. The van der Waals surface area contributed by atoms with Gasteiger partial charge in [0.15, 0.2) is 0 Å². The SMILES string of the molecule is O=C(Cc1ccsc1)N1CCC[C@H](c2nnc(-c3nccc4ccccc34)o2)C1. The quantitative estimate of drug-likeness (QED) is 0.507. The van der Waals surface area contributed by atoms with Crippen molar-refractivity contribution in [1.82, 2.24) is 20.1 Å². The number of rotatable bonds is 4. The van der Waals surface area contributed by atoms with E-state index >= 15 is 0 Å². The lowest BCUT2D eigenvalue weighted by Crippen LogP contribution is -2.40. The van der Waals surface area contributed by atoms with E-state index in [0.29, 0.717) is 30.4 Å². The molecule has 1 saturated heterocycles. The molecule has 146 valence electrons. The molecule has 0 unspecified atom stereocenters. The number of thiophene rings is 1. The molecular weight excluding hydrogens is 384 g/mol. The van der Waals surface area contributed by atoms with E-state index < -0.39 is 0 Å². The van der Waals surface area contributed by atoms with Crippen molar-refractivity contribution in [2.45, 2.75) is 25.2 Å². The van der Waals surface area contributed by atoms with E-state index in [1.807, 2.05) is 52.1 Å². The molecule has 1 aliphatic rings. The minimum absolute atomic E-state index is 0.0615. The number of piperidine rings is 1. The van der Waals surface area contributed by atoms with Crippen LogP contribution in [0.25, 0.3) is 22.4 Å². The highest BCUT2D eigenvalue weighted by Gasteiger charge is 2.29. The first-order chi connectivity index (χ1) is 14.3. The Hall–Kier alpha value is -3.06. The maximum atomic E-state index is 12.7. The summed E-state index contributed by atoms with van der Waals surface area (Å²) in [6.07, 6.45) is 4.08. The summed E-state index contributed by atoms with van der Waals surface area (Å²) in [5.41, 5.74) is 1.77. The average Bonchev–Trinajstić information content (AvgIpc) is 3.46. The maximum Gasteiger partial charge on any atom is 0.266 e. The van der Waals surface area contributed by atoms with Gasteiger partial charge in [0.1, 0.15) is 5.69 Å². The van der Waals surface area contributed by atoms with Gasteiger partial charge in [-0.1, -0.05) is 24.3 Å². The van der Waals surface area contributed by atoms with Gasteiger partial charge in [-0.15, -0.1) is 10.2 Å². The number of nitrogens with zero attached hydrogens (tertiary/aromatic N) is 4. The van der Waals surface area contributed by atoms with Gasteiger partial charge in [-0.05, 0) is 46.7 Å². The largest absolute Gasteiger partial charge is 0.419 e. The van der Waals surface area contributed by atoms with Crippen molar-refractivity contribution in [2.75, 3.05) is 13.1 Å². The topological polar surface area (TPSA) is 72.1 Å². The van der Waals surface area contributed by atoms with Crippen molar-refractivity contribution >= 4 is 28.0 Å². The van der Waals surface area contributed by atoms with Gasteiger partial charge in [0.05, 0.1) is 12.3 Å². The fraction of sp³-hybridized carbons (Fsp3) is 0.273. The summed E-state index contributed by atoms with van der Waals surface area (Å²) in [6, 6.07) is 12.0. The van der Waals surface area contributed by atoms with Crippen LogP contribution in [-0.2, 0) is 11.2 Å². The minimum atomic E-state index is 0.0615. The molecule has 4 heterocycles. The van der Waals surface area contributed by atoms with E-state index in [9.17, 15) is 4.79 Å². The van der Waals surface area contributed by atoms with Crippen molar-refractivity contribution in [1.29, 1.82) is 0 Å². The number of carbonyl (C=O) groups is 1. The molecule has 7 heteroatoms. The van der Waals surface area contributed by atoms with Gasteiger partial charge in [0.2, 0.25) is 11.8 Å². The molecular formula is C22H20N4O2S. The zero-order chi connectivity index (χ0) is 19.6. The number of benzene rings is 1. The molecule has 0 saturated carbocycles. The van der Waals surface area contributed by atoms with Crippen LogP contribution in [0.1, 0.15) is 30.2 Å². The standard InChI is InChI=1S/C22H20N4O2S/c27-19(12-15-8-11-29-14-15)26-10-3-5-17(13-26)21-24-25-22(28-21)20-18-6-2-1-4-16(18)7-9-23-20/h1-2,4,6-9,11,14,17H,3,5,10,12-13H2/t17-/m0/s1. The predicted molar refractivity (Wildman–Crippen MR) is 112 cm³/mol. The lowest BCUT2D eigenvalue weighted by Gasteiger charge is -2.31. The van der Waals surface area contributed by atoms with E-state index in [1.54, 1.807) is 17.5 Å². The molecule has 1 fully saturated rings. The number of carbonyl (C=O) groups excluding carboxylic acids is 1. The van der Waals surface area contributed by atoms with Crippen molar-refractivity contribution in [3.8, 4) is 11.6 Å². The minimum Gasteiger partial charge on any atom is -0.419 e. The molecule has 0 bridgehead atoms. The zero-order valence-corrected chi connectivity index (χ0v) is 16.6. The van der Waals surface area contributed by atoms with E-state index in [0.717, 1.165) is 35.7 Å². The molecule has 3 aromatic heterocycles. The van der Waals surface area contributed by atoms with E-state index in [1.165, 1.54) is 0 Å². The summed E-state index contributed by atoms with van der Waals surface area (Å²) in [7, 11) is 0. The highest BCUT2D eigenvalue weighted by molar-refractivity contribution is 7.08. The van der Waals surface area contributed by atoms with E-state index in [4.69, 9.17) is 4.42 Å². The van der Waals surface area contributed by atoms with Crippen LogP contribution in [0.5, 0.6) is 0 Å². The lowest BCUT2D eigenvalue weighted by molar-refractivity contribution is -0.131. The Morgan fingerprint density at radius 3 is 3.03 bits per heavy atom. The van der Waals surface area contributed by atoms with Crippen molar-refractivity contribution < 1.29 is 9.21 Å². The Kier molecular flexibility index (Phi) is 4.81. The van der Waals surface area contributed by atoms with Crippen LogP contribution >= 0.6 is 11.3 Å². The molecule has 0 aliphatic carbocycles. The van der Waals surface area contributed by atoms with Crippen LogP contribution < -0.4 is 0 Å². The first kappa shape index (κ1) is 18.0. The van der Waals surface area contributed by atoms with Gasteiger partial charge in [0.25, 0.3) is 5.89 Å². The Labute approximate surface area is 172 Å². The molecule has 0 radical (unpaired) electrons. The predicted octanol–water partition coefficient (Wildman–Crippen LogP) is 4.30. The number of hydrogen-bond donors (Lipinski definition) is 0. The fourth-order valence-corrected chi connectivity index (χ4v) is 4.54. The maximum absolute atomic E-state index is 12.7. The normalized spacial score (nSPS) is 17.0. The highest BCUT2D eigenvalue weighted by Crippen LogP contribution is 2.30. The zero-order valence-electron chi connectivity index (χ0n) is 15.8. The van der Waals surface area contributed by atoms with Gasteiger partial charge in [-0.3, -0.25) is 9.78 Å². The number of hydrogen-bond acceptors (Lipinski definition) is 6. The fourth-order valence-electron chi connectivity index (χ4n) is 3.87. The summed E-state index contributed by atoms with van der Waals surface area (Å²) < 4.78 is 6.03. The summed E-state index contributed by atoms with van der Waals surface area (Å²) in [5.74, 6) is 1.23. The first-order valence-electron chi connectivity index (χ1n) is 9.74. The summed E-state index contributed by atoms with van der Waals surface area (Å²) in [4.78, 5) is 19.1. The molecule has 6 nitrogen and oxygen atoms in total. The Morgan fingerprint density at radius 2 is 2.14 bits per heavy atom. The molecule has 0 spiro atoms. The van der Waals surface area contributed by atoms with Crippen molar-refractivity contribution in [3.63, 3.8) is 0 Å². The molecule has 1 aliphatic heterocycles. The number of aromatic nitrogens is 3. The Balaban J connectivity index is 1.35. The average molecular weight is 404 g/mol. The number of likely N-dealkylation sites (tertiary alicyclic amines) is 1. The van der Waals surface area contributed by atoms with Gasteiger partial charge in [-0.25, -0.2) is 0 Å². The van der Waals surface area contributed by atoms with Gasteiger partial charge >= 0.3 is 0 Å². The van der Waals surface area contributed by atoms with Crippen LogP contribution in [0.4, 0.5) is 0 Å². The van der Waals surface area contributed by atoms with Gasteiger partial charge in [-0.2, -0.15) is 11.3 Å². The second-order valence-corrected chi connectivity index (χ2v) is 8.09. The van der Waals surface area contributed by atoms with Crippen LogP contribution in [0.3, 0.4) is 0 Å². The summed E-state index contributed by atoms with van der Waals surface area (Å²) in [5, 5.41) is 14.7. The van der Waals surface area contributed by atoms with Crippen LogP contribution in [0, 0.1) is 0 Å². The third-order valence-electron chi connectivity index (χ3n) is 5.38. The lowest BCUT2D eigenvalue weighted by atomic mass is 9.97. The van der Waals surface area contributed by atoms with Crippen molar-refractivity contribution in [3.05, 3.63) is 64.8 Å². The van der Waals surface area contributed by atoms with Crippen LogP contribution in [0.15, 0.2) is 57.8 Å². The van der Waals surface area contributed by atoms with Crippen LogP contribution in [-0.4, -0.2) is 39.1 Å².